The summed E-state index contributed by atoms with van der Waals surface area (Å²) in [5.74, 6) is 0. The van der Waals surface area contributed by atoms with Crippen LogP contribution in [-0.4, -0.2) is 15.2 Å². The fourth-order valence-corrected chi connectivity index (χ4v) is 2.95. The average molecular weight is 286 g/mol. The molecule has 2 heterocycles. The third-order valence-electron chi connectivity index (χ3n) is 3.14. The lowest BCUT2D eigenvalue weighted by molar-refractivity contribution is 0.583. The molecule has 2 aromatic heterocycles. The highest BCUT2D eigenvalue weighted by molar-refractivity contribution is 7.09. The number of hydrogen-bond acceptors (Lipinski definition) is 4. The second-order valence-corrected chi connectivity index (χ2v) is 6.74. The second kappa shape index (κ2) is 4.90. The topological polar surface area (TPSA) is 53.6 Å². The molecule has 0 spiro atoms. The van der Waals surface area contributed by atoms with Gasteiger partial charge in [-0.25, -0.2) is 4.98 Å². The molecule has 0 saturated heterocycles. The van der Waals surface area contributed by atoms with E-state index in [2.05, 4.69) is 47.7 Å². The van der Waals surface area contributed by atoms with Crippen LogP contribution in [0.4, 0.5) is 5.69 Å². The van der Waals surface area contributed by atoms with Crippen molar-refractivity contribution in [2.24, 2.45) is 0 Å². The maximum absolute atomic E-state index is 4.70. The van der Waals surface area contributed by atoms with Crippen LogP contribution in [0.5, 0.6) is 0 Å². The number of benzene rings is 1. The average Bonchev–Trinajstić information content (AvgIpc) is 3.04. The molecule has 3 rings (SSSR count). The van der Waals surface area contributed by atoms with Gasteiger partial charge in [0.05, 0.1) is 29.0 Å². The van der Waals surface area contributed by atoms with Gasteiger partial charge in [0.15, 0.2) is 0 Å². The van der Waals surface area contributed by atoms with Crippen molar-refractivity contribution < 1.29 is 0 Å². The maximum Gasteiger partial charge on any atom is 0.0982 e. The van der Waals surface area contributed by atoms with Gasteiger partial charge in [-0.3, -0.25) is 5.10 Å². The highest BCUT2D eigenvalue weighted by atomic mass is 32.1. The first-order valence-electron chi connectivity index (χ1n) is 6.65. The van der Waals surface area contributed by atoms with Gasteiger partial charge in [0, 0.05) is 21.9 Å². The van der Waals surface area contributed by atoms with Gasteiger partial charge in [0.25, 0.3) is 0 Å². The third kappa shape index (κ3) is 2.54. The van der Waals surface area contributed by atoms with Crippen molar-refractivity contribution in [1.29, 1.82) is 0 Å². The van der Waals surface area contributed by atoms with Crippen molar-refractivity contribution in [1.82, 2.24) is 15.2 Å². The Morgan fingerprint density at radius 2 is 2.15 bits per heavy atom. The van der Waals surface area contributed by atoms with E-state index in [1.807, 2.05) is 18.3 Å². The van der Waals surface area contributed by atoms with Crippen molar-refractivity contribution >= 4 is 27.9 Å². The van der Waals surface area contributed by atoms with Crippen LogP contribution >= 0.6 is 11.3 Å². The van der Waals surface area contributed by atoms with E-state index >= 15 is 0 Å². The van der Waals surface area contributed by atoms with Gasteiger partial charge >= 0.3 is 0 Å². The molecule has 4 nitrogen and oxygen atoms in total. The van der Waals surface area contributed by atoms with E-state index in [1.165, 1.54) is 5.01 Å². The number of hydrogen-bond donors (Lipinski definition) is 2. The number of fused-ring (bicyclic) bond motifs is 1. The van der Waals surface area contributed by atoms with Crippen LogP contribution in [0.3, 0.4) is 0 Å². The molecule has 1 aromatic carbocycles. The molecule has 20 heavy (non-hydrogen) atoms. The zero-order chi connectivity index (χ0) is 14.2. The second-order valence-electron chi connectivity index (χ2n) is 5.88. The molecular formula is C15H18N4S. The molecule has 0 fully saturated rings. The Morgan fingerprint density at radius 3 is 2.90 bits per heavy atom. The van der Waals surface area contributed by atoms with Crippen molar-refractivity contribution in [3.05, 3.63) is 40.5 Å². The summed E-state index contributed by atoms with van der Waals surface area (Å²) in [5, 5.41) is 14.9. The van der Waals surface area contributed by atoms with Gasteiger partial charge in [0.1, 0.15) is 0 Å². The lowest BCUT2D eigenvalue weighted by Crippen LogP contribution is -2.11. The molecule has 0 bridgehead atoms. The van der Waals surface area contributed by atoms with Crippen LogP contribution in [0, 0.1) is 0 Å². The SMILES string of the molecule is CC(C)(C)c1nc(CNc2cccc3[nH]ncc23)cs1. The number of H-pyrrole nitrogens is 1. The van der Waals surface area contributed by atoms with Gasteiger partial charge in [0.2, 0.25) is 0 Å². The maximum atomic E-state index is 4.70. The molecular weight excluding hydrogens is 268 g/mol. The van der Waals surface area contributed by atoms with Crippen molar-refractivity contribution in [2.45, 2.75) is 32.7 Å². The zero-order valence-corrected chi connectivity index (χ0v) is 12.7. The fraction of sp³-hybridized carbons (Fsp3) is 0.333. The predicted molar refractivity (Wildman–Crippen MR) is 84.2 cm³/mol. The van der Waals surface area contributed by atoms with Crippen LogP contribution in [0.1, 0.15) is 31.5 Å². The highest BCUT2D eigenvalue weighted by Gasteiger charge is 2.17. The normalized spacial score (nSPS) is 11.9. The lowest BCUT2D eigenvalue weighted by atomic mass is 9.98. The first-order valence-corrected chi connectivity index (χ1v) is 7.53. The summed E-state index contributed by atoms with van der Waals surface area (Å²) in [4.78, 5) is 4.70. The molecule has 0 amide bonds. The Labute approximate surface area is 122 Å². The summed E-state index contributed by atoms with van der Waals surface area (Å²) in [6.07, 6.45) is 1.85. The molecule has 0 aliphatic rings. The number of aromatic amines is 1. The Balaban J connectivity index is 1.76. The van der Waals surface area contributed by atoms with Crippen LogP contribution in [0.2, 0.25) is 0 Å². The molecule has 0 radical (unpaired) electrons. The smallest absolute Gasteiger partial charge is 0.0982 e. The molecule has 0 atom stereocenters. The standard InChI is InChI=1S/C15H18N4S/c1-15(2,3)14-18-10(9-20-14)7-16-12-5-4-6-13-11(12)8-17-19-13/h4-6,8-9,16H,7H2,1-3H3,(H,17,19). The monoisotopic (exact) mass is 286 g/mol. The molecule has 0 aliphatic heterocycles. The third-order valence-corrected chi connectivity index (χ3v) is 4.45. The van der Waals surface area contributed by atoms with E-state index < -0.39 is 0 Å². The molecule has 2 N–H and O–H groups in total. The molecule has 0 unspecified atom stereocenters. The summed E-state index contributed by atoms with van der Waals surface area (Å²) in [6.45, 7) is 7.30. The Morgan fingerprint density at radius 1 is 1.30 bits per heavy atom. The van der Waals surface area contributed by atoms with Gasteiger partial charge in [-0.2, -0.15) is 5.10 Å². The van der Waals surface area contributed by atoms with Crippen molar-refractivity contribution in [2.75, 3.05) is 5.32 Å². The molecule has 104 valence electrons. The number of aromatic nitrogens is 3. The lowest BCUT2D eigenvalue weighted by Gasteiger charge is -2.13. The van der Waals surface area contributed by atoms with Gasteiger partial charge in [-0.05, 0) is 12.1 Å². The van der Waals surface area contributed by atoms with Gasteiger partial charge in [-0.15, -0.1) is 11.3 Å². The minimum atomic E-state index is 0.119. The number of thiazole rings is 1. The number of nitrogens with one attached hydrogen (secondary N) is 2. The highest BCUT2D eigenvalue weighted by Crippen LogP contribution is 2.26. The van der Waals surface area contributed by atoms with E-state index in [1.54, 1.807) is 11.3 Å². The molecule has 3 aromatic rings. The minimum absolute atomic E-state index is 0.119. The number of nitrogens with zero attached hydrogens (tertiary/aromatic N) is 2. The zero-order valence-electron chi connectivity index (χ0n) is 11.9. The Bertz CT molecular complexity index is 721. The van der Waals surface area contributed by atoms with E-state index in [0.29, 0.717) is 0 Å². The van der Waals surface area contributed by atoms with Gasteiger partial charge in [-0.1, -0.05) is 26.8 Å². The van der Waals surface area contributed by atoms with E-state index in [4.69, 9.17) is 4.98 Å². The first-order chi connectivity index (χ1) is 9.54. The molecule has 0 saturated carbocycles. The first kappa shape index (κ1) is 13.1. The predicted octanol–water partition coefficient (Wildman–Crippen LogP) is 3.93. The van der Waals surface area contributed by atoms with E-state index in [0.717, 1.165) is 28.8 Å². The minimum Gasteiger partial charge on any atom is -0.379 e. The van der Waals surface area contributed by atoms with Crippen molar-refractivity contribution in [3.8, 4) is 0 Å². The number of rotatable bonds is 3. The van der Waals surface area contributed by atoms with Crippen LogP contribution in [0.25, 0.3) is 10.9 Å². The quantitative estimate of drug-likeness (QED) is 0.767. The van der Waals surface area contributed by atoms with E-state index in [-0.39, 0.29) is 5.41 Å². The molecule has 0 aliphatic carbocycles. The van der Waals surface area contributed by atoms with Crippen LogP contribution < -0.4 is 5.32 Å². The van der Waals surface area contributed by atoms with Crippen LogP contribution in [0.15, 0.2) is 29.8 Å². The Hall–Kier alpha value is -1.88. The summed E-state index contributed by atoms with van der Waals surface area (Å²) in [7, 11) is 0. The molecule has 5 heteroatoms. The summed E-state index contributed by atoms with van der Waals surface area (Å²) in [5.41, 5.74) is 3.33. The largest absolute Gasteiger partial charge is 0.379 e. The van der Waals surface area contributed by atoms with E-state index in [9.17, 15) is 0 Å². The fourth-order valence-electron chi connectivity index (χ4n) is 2.04. The summed E-state index contributed by atoms with van der Waals surface area (Å²) in [6, 6.07) is 6.10. The van der Waals surface area contributed by atoms with Gasteiger partial charge < -0.3 is 5.32 Å². The van der Waals surface area contributed by atoms with Crippen LogP contribution in [-0.2, 0) is 12.0 Å². The Kier molecular flexibility index (Phi) is 3.22. The summed E-state index contributed by atoms with van der Waals surface area (Å²) < 4.78 is 0. The summed E-state index contributed by atoms with van der Waals surface area (Å²) >= 11 is 1.73. The van der Waals surface area contributed by atoms with Crippen molar-refractivity contribution in [3.63, 3.8) is 0 Å². The number of anilines is 1.